The molecule has 2 amide bonds. The van der Waals surface area contributed by atoms with E-state index in [1.165, 1.54) is 18.2 Å². The number of nitrogens with one attached hydrogen (secondary N) is 3. The third-order valence-corrected chi connectivity index (χ3v) is 5.93. The van der Waals surface area contributed by atoms with Gasteiger partial charge in [0.15, 0.2) is 17.3 Å². The third kappa shape index (κ3) is 6.70. The molecule has 210 valence electrons. The molecule has 0 aliphatic rings. The molecule has 1 aromatic heterocycles. The highest BCUT2D eigenvalue weighted by Crippen LogP contribution is 2.36. The predicted molar refractivity (Wildman–Crippen MR) is 149 cm³/mol. The summed E-state index contributed by atoms with van der Waals surface area (Å²) in [6, 6.07) is 14.2. The number of methoxy groups -OCH3 is 2. The van der Waals surface area contributed by atoms with E-state index in [4.69, 9.17) is 19.4 Å². The number of alkyl halides is 3. The summed E-state index contributed by atoms with van der Waals surface area (Å²) in [4.78, 5) is 23.9. The van der Waals surface area contributed by atoms with E-state index in [-0.39, 0.29) is 5.69 Å². The fraction of sp³-hybridized carbons (Fsp3) is 0.250. The molecule has 0 spiro atoms. The first kappa shape index (κ1) is 28.4. The number of urea groups is 1. The van der Waals surface area contributed by atoms with Crippen molar-refractivity contribution in [2.75, 3.05) is 57.4 Å². The van der Waals surface area contributed by atoms with Gasteiger partial charge in [-0.15, -0.1) is 0 Å². The number of aromatic nitrogens is 2. The van der Waals surface area contributed by atoms with Crippen molar-refractivity contribution in [3.63, 3.8) is 0 Å². The first-order valence-corrected chi connectivity index (χ1v) is 12.3. The van der Waals surface area contributed by atoms with Crippen molar-refractivity contribution < 1.29 is 27.4 Å². The van der Waals surface area contributed by atoms with Crippen molar-refractivity contribution in [2.45, 2.75) is 6.18 Å². The van der Waals surface area contributed by atoms with Gasteiger partial charge in [-0.25, -0.2) is 14.8 Å². The first-order valence-electron chi connectivity index (χ1n) is 12.3. The lowest BCUT2D eigenvalue weighted by molar-refractivity contribution is -0.136. The van der Waals surface area contributed by atoms with Gasteiger partial charge in [0, 0.05) is 35.8 Å². The molecular weight excluding hydrogens is 525 g/mol. The molecule has 0 radical (unpaired) electrons. The summed E-state index contributed by atoms with van der Waals surface area (Å²) in [7, 11) is 7.06. The number of anilines is 3. The highest BCUT2D eigenvalue weighted by molar-refractivity contribution is 6.00. The fourth-order valence-electron chi connectivity index (χ4n) is 3.94. The van der Waals surface area contributed by atoms with E-state index in [9.17, 15) is 18.0 Å². The van der Waals surface area contributed by atoms with Gasteiger partial charge in [-0.1, -0.05) is 12.1 Å². The summed E-state index contributed by atoms with van der Waals surface area (Å²) in [6.07, 6.45) is -4.60. The molecule has 9 nitrogen and oxygen atoms in total. The molecule has 0 unspecified atom stereocenters. The van der Waals surface area contributed by atoms with Gasteiger partial charge in [0.1, 0.15) is 5.82 Å². The molecule has 1 heterocycles. The van der Waals surface area contributed by atoms with Crippen molar-refractivity contribution in [1.29, 1.82) is 0 Å². The average Bonchev–Trinajstić information content (AvgIpc) is 2.92. The highest BCUT2D eigenvalue weighted by Gasteiger charge is 2.33. The van der Waals surface area contributed by atoms with Crippen LogP contribution in [0.3, 0.4) is 0 Å². The Bertz CT molecular complexity index is 1490. The number of hydrogen-bond acceptors (Lipinski definition) is 7. The van der Waals surface area contributed by atoms with Gasteiger partial charge in [0.2, 0.25) is 0 Å². The predicted octanol–water partition coefficient (Wildman–Crippen LogP) is 5.95. The molecule has 0 atom stereocenters. The number of carbonyl (C=O) groups is 1. The maximum absolute atomic E-state index is 13.2. The van der Waals surface area contributed by atoms with Crippen LogP contribution >= 0.6 is 0 Å². The van der Waals surface area contributed by atoms with Gasteiger partial charge in [0.25, 0.3) is 0 Å². The average molecular weight is 555 g/mol. The van der Waals surface area contributed by atoms with Crippen molar-refractivity contribution in [2.24, 2.45) is 0 Å². The minimum atomic E-state index is -4.60. The molecule has 4 rings (SSSR count). The van der Waals surface area contributed by atoms with E-state index < -0.39 is 17.8 Å². The Morgan fingerprint density at radius 2 is 1.60 bits per heavy atom. The summed E-state index contributed by atoms with van der Waals surface area (Å²) in [5.41, 5.74) is 0.413. The zero-order chi connectivity index (χ0) is 28.9. The van der Waals surface area contributed by atoms with E-state index in [0.717, 1.165) is 18.0 Å². The Morgan fingerprint density at radius 1 is 0.925 bits per heavy atom. The van der Waals surface area contributed by atoms with Gasteiger partial charge in [-0.3, -0.25) is 0 Å². The Morgan fingerprint density at radius 3 is 2.25 bits per heavy atom. The molecule has 0 aliphatic carbocycles. The van der Waals surface area contributed by atoms with Crippen molar-refractivity contribution in [3.05, 3.63) is 66.2 Å². The van der Waals surface area contributed by atoms with E-state index in [2.05, 4.69) is 16.0 Å². The van der Waals surface area contributed by atoms with Crippen molar-refractivity contribution in [1.82, 2.24) is 14.9 Å². The molecule has 0 bridgehead atoms. The topological polar surface area (TPSA) is 101 Å². The lowest BCUT2D eigenvalue weighted by Crippen LogP contribution is -2.21. The SMILES string of the molecule is COc1cc2nc(-c3ccc(NC(=O)Nc4ccccc4C(F)(F)F)cc3)nc(NCCN(C)C)c2cc1OC. The number of nitrogens with zero attached hydrogens (tertiary/aromatic N) is 3. The van der Waals surface area contributed by atoms with Crippen LogP contribution in [0.2, 0.25) is 0 Å². The van der Waals surface area contributed by atoms with E-state index in [1.54, 1.807) is 44.6 Å². The second-order valence-corrected chi connectivity index (χ2v) is 9.05. The number of carbonyl (C=O) groups excluding carboxylic acids is 1. The largest absolute Gasteiger partial charge is 0.493 e. The van der Waals surface area contributed by atoms with E-state index in [1.807, 2.05) is 25.1 Å². The molecular formula is C28H29F3N6O3. The van der Waals surface area contributed by atoms with Crippen molar-refractivity contribution >= 4 is 34.1 Å². The number of rotatable bonds is 9. The lowest BCUT2D eigenvalue weighted by Gasteiger charge is -2.16. The van der Waals surface area contributed by atoms with Crippen LogP contribution < -0.4 is 25.4 Å². The van der Waals surface area contributed by atoms with Gasteiger partial charge < -0.3 is 30.3 Å². The molecule has 0 saturated carbocycles. The quantitative estimate of drug-likeness (QED) is 0.235. The third-order valence-electron chi connectivity index (χ3n) is 5.93. The van der Waals surface area contributed by atoms with Gasteiger partial charge in [-0.05, 0) is 56.6 Å². The molecule has 4 aromatic rings. The molecule has 3 N–H and O–H groups in total. The number of benzene rings is 3. The number of fused-ring (bicyclic) bond motifs is 1. The smallest absolute Gasteiger partial charge is 0.418 e. The van der Waals surface area contributed by atoms with E-state index in [0.29, 0.717) is 46.5 Å². The van der Waals surface area contributed by atoms with E-state index >= 15 is 0 Å². The normalized spacial score (nSPS) is 11.4. The van der Waals surface area contributed by atoms with Crippen LogP contribution in [0, 0.1) is 0 Å². The number of hydrogen-bond donors (Lipinski definition) is 3. The zero-order valence-electron chi connectivity index (χ0n) is 22.4. The minimum Gasteiger partial charge on any atom is -0.493 e. The Labute approximate surface area is 229 Å². The molecule has 0 aliphatic heterocycles. The van der Waals surface area contributed by atoms with Crippen LogP contribution in [0.25, 0.3) is 22.3 Å². The highest BCUT2D eigenvalue weighted by atomic mass is 19.4. The lowest BCUT2D eigenvalue weighted by atomic mass is 10.1. The van der Waals surface area contributed by atoms with Crippen LogP contribution in [0.15, 0.2) is 60.7 Å². The molecule has 0 saturated heterocycles. The maximum Gasteiger partial charge on any atom is 0.418 e. The van der Waals surface area contributed by atoms with Crippen molar-refractivity contribution in [3.8, 4) is 22.9 Å². The minimum absolute atomic E-state index is 0.338. The Hall–Kier alpha value is -4.58. The number of ether oxygens (including phenoxy) is 2. The summed E-state index contributed by atoms with van der Waals surface area (Å²) >= 11 is 0. The first-order chi connectivity index (χ1) is 19.1. The second kappa shape index (κ2) is 12.1. The molecule has 12 heteroatoms. The second-order valence-electron chi connectivity index (χ2n) is 9.05. The monoisotopic (exact) mass is 554 g/mol. The summed E-state index contributed by atoms with van der Waals surface area (Å²) in [5, 5.41) is 8.93. The van der Waals surface area contributed by atoms with Gasteiger partial charge in [-0.2, -0.15) is 13.2 Å². The van der Waals surface area contributed by atoms with Gasteiger partial charge in [0.05, 0.1) is 31.0 Å². The summed E-state index contributed by atoms with van der Waals surface area (Å²) in [5.74, 6) is 2.13. The number of likely N-dealkylation sites (N-methyl/N-ethyl adjacent to an activating group) is 1. The zero-order valence-corrected chi connectivity index (χ0v) is 22.4. The van der Waals surface area contributed by atoms with Gasteiger partial charge >= 0.3 is 12.2 Å². The molecule has 3 aromatic carbocycles. The van der Waals surface area contributed by atoms with Crippen LogP contribution in [0.1, 0.15) is 5.56 Å². The fourth-order valence-corrected chi connectivity index (χ4v) is 3.94. The maximum atomic E-state index is 13.2. The standard InChI is InChI=1S/C28H29F3N6O3/c1-37(2)14-13-32-26-19-15-23(39-3)24(40-4)16-22(19)34-25(36-26)17-9-11-18(12-10-17)33-27(38)35-21-8-6-5-7-20(21)28(29,30)31/h5-12,15-16H,13-14H2,1-4H3,(H,32,34,36)(H2,33,35,38). The van der Waals surface area contributed by atoms with Crippen LogP contribution in [-0.4, -0.2) is 62.3 Å². The number of halogens is 3. The molecule has 40 heavy (non-hydrogen) atoms. The Balaban J connectivity index is 1.58. The van der Waals surface area contributed by atoms with Crippen LogP contribution in [0.4, 0.5) is 35.2 Å². The summed E-state index contributed by atoms with van der Waals surface area (Å²) in [6.45, 7) is 1.42. The molecule has 0 fully saturated rings. The number of para-hydroxylation sites is 1. The number of amides is 2. The Kier molecular flexibility index (Phi) is 8.58. The van der Waals surface area contributed by atoms with Crippen LogP contribution in [-0.2, 0) is 6.18 Å². The summed E-state index contributed by atoms with van der Waals surface area (Å²) < 4.78 is 50.6. The van der Waals surface area contributed by atoms with Crippen LogP contribution in [0.5, 0.6) is 11.5 Å².